The van der Waals surface area contributed by atoms with Gasteiger partial charge in [0.25, 0.3) is 0 Å². The second-order valence-corrected chi connectivity index (χ2v) is 4.08. The van der Waals surface area contributed by atoms with Crippen LogP contribution in [0.3, 0.4) is 0 Å². The molecule has 3 heteroatoms. The van der Waals surface area contributed by atoms with Gasteiger partial charge in [0.15, 0.2) is 0 Å². The Balaban J connectivity index is 2.96. The molecule has 2 nitrogen and oxygen atoms in total. The van der Waals surface area contributed by atoms with E-state index < -0.39 is 0 Å². The average molecular weight is 204 g/mol. The molecule has 56 valence electrons. The summed E-state index contributed by atoms with van der Waals surface area (Å²) < 4.78 is 5.79. The summed E-state index contributed by atoms with van der Waals surface area (Å²) in [6.45, 7) is 6.25. The lowest BCUT2D eigenvalue weighted by molar-refractivity contribution is 0.327. The Kier molecular flexibility index (Phi) is 1.86. The lowest BCUT2D eigenvalue weighted by Crippen LogP contribution is -2.08. The van der Waals surface area contributed by atoms with Gasteiger partial charge in [0.1, 0.15) is 10.4 Å². The molecule has 1 aromatic rings. The number of aromatic nitrogens is 1. The Morgan fingerprint density at radius 2 is 2.10 bits per heavy atom. The van der Waals surface area contributed by atoms with Gasteiger partial charge < -0.3 is 4.52 Å². The summed E-state index contributed by atoms with van der Waals surface area (Å²) in [5.74, 6) is 0.902. The van der Waals surface area contributed by atoms with Crippen LogP contribution >= 0.6 is 15.9 Å². The molecule has 0 saturated heterocycles. The first-order valence-electron chi connectivity index (χ1n) is 3.13. The second-order valence-electron chi connectivity index (χ2n) is 3.26. The molecule has 1 rings (SSSR count). The molecule has 0 atom stereocenters. The maximum Gasteiger partial charge on any atom is 0.149 e. The molecule has 10 heavy (non-hydrogen) atoms. The van der Waals surface area contributed by atoms with Crippen molar-refractivity contribution in [1.82, 2.24) is 5.16 Å². The van der Waals surface area contributed by atoms with Crippen molar-refractivity contribution >= 4 is 15.9 Å². The van der Waals surface area contributed by atoms with E-state index in [0.29, 0.717) is 0 Å². The standard InChI is InChI=1S/C7H10BrNO/c1-7(2,3)5-4-6(8)9-10-5/h4H,1-3H3. The highest BCUT2D eigenvalue weighted by Crippen LogP contribution is 2.24. The Morgan fingerprint density at radius 1 is 1.50 bits per heavy atom. The first-order chi connectivity index (χ1) is 4.50. The van der Waals surface area contributed by atoms with Gasteiger partial charge in [0.2, 0.25) is 0 Å². The normalized spacial score (nSPS) is 12.0. The monoisotopic (exact) mass is 203 g/mol. The SMILES string of the molecule is CC(C)(C)c1cc(Br)no1. The third kappa shape index (κ3) is 1.59. The van der Waals surface area contributed by atoms with Gasteiger partial charge >= 0.3 is 0 Å². The zero-order valence-electron chi connectivity index (χ0n) is 6.31. The van der Waals surface area contributed by atoms with E-state index in [-0.39, 0.29) is 5.41 Å². The van der Waals surface area contributed by atoms with Gasteiger partial charge in [0.05, 0.1) is 0 Å². The molecule has 0 amide bonds. The molecule has 1 heterocycles. The molecule has 0 unspecified atom stereocenters. The van der Waals surface area contributed by atoms with Gasteiger partial charge in [-0.1, -0.05) is 25.9 Å². The highest BCUT2D eigenvalue weighted by Gasteiger charge is 2.18. The fourth-order valence-corrected chi connectivity index (χ4v) is 0.887. The van der Waals surface area contributed by atoms with E-state index in [1.165, 1.54) is 0 Å². The molecule has 0 aliphatic carbocycles. The summed E-state index contributed by atoms with van der Waals surface area (Å²) >= 11 is 3.22. The quantitative estimate of drug-likeness (QED) is 0.649. The molecular weight excluding hydrogens is 194 g/mol. The van der Waals surface area contributed by atoms with E-state index in [9.17, 15) is 0 Å². The second kappa shape index (κ2) is 2.38. The summed E-state index contributed by atoms with van der Waals surface area (Å²) in [6.07, 6.45) is 0. The smallest absolute Gasteiger partial charge is 0.149 e. The predicted molar refractivity (Wildman–Crippen MR) is 42.9 cm³/mol. The van der Waals surface area contributed by atoms with Gasteiger partial charge in [-0.3, -0.25) is 0 Å². The van der Waals surface area contributed by atoms with Gasteiger partial charge in [-0.05, 0) is 15.9 Å². The lowest BCUT2D eigenvalue weighted by atomic mass is 9.94. The maximum absolute atomic E-state index is 5.03. The van der Waals surface area contributed by atoms with Crippen molar-refractivity contribution < 1.29 is 4.52 Å². The molecule has 0 saturated carbocycles. The minimum Gasteiger partial charge on any atom is -0.360 e. The topological polar surface area (TPSA) is 26.0 Å². The minimum atomic E-state index is 0.0546. The van der Waals surface area contributed by atoms with Crippen LogP contribution < -0.4 is 0 Å². The number of rotatable bonds is 0. The molecule has 0 aliphatic rings. The summed E-state index contributed by atoms with van der Waals surface area (Å²) in [7, 11) is 0. The number of hydrogen-bond acceptors (Lipinski definition) is 2. The van der Waals surface area contributed by atoms with Crippen molar-refractivity contribution in [2.45, 2.75) is 26.2 Å². The van der Waals surface area contributed by atoms with Crippen LogP contribution in [-0.2, 0) is 5.41 Å². The molecule has 1 aromatic heterocycles. The molecule has 0 aromatic carbocycles. The molecule has 0 bridgehead atoms. The Bertz CT molecular complexity index is 224. The largest absolute Gasteiger partial charge is 0.360 e. The first kappa shape index (κ1) is 7.79. The predicted octanol–water partition coefficient (Wildman–Crippen LogP) is 2.73. The van der Waals surface area contributed by atoms with Crippen molar-refractivity contribution in [3.05, 3.63) is 16.4 Å². The van der Waals surface area contributed by atoms with Gasteiger partial charge in [-0.15, -0.1) is 0 Å². The van der Waals surface area contributed by atoms with Crippen LogP contribution in [0, 0.1) is 0 Å². The van der Waals surface area contributed by atoms with Crippen LogP contribution in [0.5, 0.6) is 0 Å². The van der Waals surface area contributed by atoms with Crippen LogP contribution in [0.15, 0.2) is 15.2 Å². The van der Waals surface area contributed by atoms with Crippen molar-refractivity contribution in [3.8, 4) is 0 Å². The summed E-state index contributed by atoms with van der Waals surface area (Å²) in [6, 6.07) is 1.89. The van der Waals surface area contributed by atoms with Gasteiger partial charge in [-0.2, -0.15) is 0 Å². The van der Waals surface area contributed by atoms with Crippen molar-refractivity contribution in [2.24, 2.45) is 0 Å². The molecule has 0 spiro atoms. The molecule has 0 N–H and O–H groups in total. The summed E-state index contributed by atoms with van der Waals surface area (Å²) in [5.41, 5.74) is 0.0546. The molecule has 0 radical (unpaired) electrons. The van der Waals surface area contributed by atoms with E-state index in [1.54, 1.807) is 0 Å². The highest BCUT2D eigenvalue weighted by molar-refractivity contribution is 9.10. The fourth-order valence-electron chi connectivity index (χ4n) is 0.607. The van der Waals surface area contributed by atoms with E-state index in [2.05, 4.69) is 41.9 Å². The lowest BCUT2D eigenvalue weighted by Gasteiger charge is -2.11. The van der Waals surface area contributed by atoms with E-state index in [0.717, 1.165) is 10.4 Å². The zero-order valence-corrected chi connectivity index (χ0v) is 7.90. The minimum absolute atomic E-state index is 0.0546. The number of halogens is 1. The van der Waals surface area contributed by atoms with Crippen LogP contribution in [0.4, 0.5) is 0 Å². The van der Waals surface area contributed by atoms with Crippen LogP contribution in [0.2, 0.25) is 0 Å². The third-order valence-electron chi connectivity index (χ3n) is 1.22. The first-order valence-corrected chi connectivity index (χ1v) is 3.92. The van der Waals surface area contributed by atoms with E-state index in [4.69, 9.17) is 4.52 Å². The fraction of sp³-hybridized carbons (Fsp3) is 0.571. The molecular formula is C7H10BrNO. The van der Waals surface area contributed by atoms with Crippen molar-refractivity contribution in [3.63, 3.8) is 0 Å². The van der Waals surface area contributed by atoms with Crippen LogP contribution in [-0.4, -0.2) is 5.16 Å². The van der Waals surface area contributed by atoms with Crippen molar-refractivity contribution in [2.75, 3.05) is 0 Å². The van der Waals surface area contributed by atoms with Gasteiger partial charge in [-0.25, -0.2) is 0 Å². The summed E-state index contributed by atoms with van der Waals surface area (Å²) in [4.78, 5) is 0. The highest BCUT2D eigenvalue weighted by atomic mass is 79.9. The molecule has 0 fully saturated rings. The van der Waals surface area contributed by atoms with E-state index in [1.807, 2.05) is 6.07 Å². The number of nitrogens with zero attached hydrogens (tertiary/aromatic N) is 1. The van der Waals surface area contributed by atoms with E-state index >= 15 is 0 Å². The Morgan fingerprint density at radius 3 is 2.30 bits per heavy atom. The zero-order chi connectivity index (χ0) is 7.78. The average Bonchev–Trinajstić information content (AvgIpc) is 2.11. The van der Waals surface area contributed by atoms with Gasteiger partial charge in [0, 0.05) is 11.5 Å². The third-order valence-corrected chi connectivity index (χ3v) is 1.59. The van der Waals surface area contributed by atoms with Crippen LogP contribution in [0.1, 0.15) is 26.5 Å². The molecule has 0 aliphatic heterocycles. The van der Waals surface area contributed by atoms with Crippen LogP contribution in [0.25, 0.3) is 0 Å². The van der Waals surface area contributed by atoms with Crippen molar-refractivity contribution in [1.29, 1.82) is 0 Å². The maximum atomic E-state index is 5.03. The number of hydrogen-bond donors (Lipinski definition) is 0. The Labute approximate surface area is 68.7 Å². The summed E-state index contributed by atoms with van der Waals surface area (Å²) in [5, 5.41) is 3.72. The Hall–Kier alpha value is -0.310.